The predicted molar refractivity (Wildman–Crippen MR) is 99.7 cm³/mol. The average Bonchev–Trinajstić information content (AvgIpc) is 3.27. The van der Waals surface area contributed by atoms with Gasteiger partial charge in [-0.1, -0.05) is 17.7 Å². The van der Waals surface area contributed by atoms with Crippen molar-refractivity contribution in [3.8, 4) is 5.82 Å². The van der Waals surface area contributed by atoms with E-state index in [4.69, 9.17) is 17.3 Å². The Morgan fingerprint density at radius 2 is 2.15 bits per heavy atom. The van der Waals surface area contributed by atoms with Crippen LogP contribution in [0.4, 0.5) is 5.82 Å². The molecule has 0 spiro atoms. The van der Waals surface area contributed by atoms with Crippen molar-refractivity contribution >= 4 is 29.0 Å². The summed E-state index contributed by atoms with van der Waals surface area (Å²) in [5.74, 6) is -0.241. The van der Waals surface area contributed by atoms with Crippen LogP contribution >= 0.6 is 11.6 Å². The number of hydrogen-bond donors (Lipinski definition) is 2. The fourth-order valence-corrected chi connectivity index (χ4v) is 2.84. The summed E-state index contributed by atoms with van der Waals surface area (Å²) in [6, 6.07) is 5.66. The number of nitrogens with zero attached hydrogens (tertiary/aromatic N) is 6. The first-order chi connectivity index (χ1) is 13.0. The summed E-state index contributed by atoms with van der Waals surface area (Å²) < 4.78 is 3.34. The Balaban J connectivity index is 1.56. The number of nitrogens with two attached hydrogens (primary N) is 1. The van der Waals surface area contributed by atoms with Gasteiger partial charge in [0.25, 0.3) is 5.91 Å². The molecule has 0 aliphatic carbocycles. The third-order valence-electron chi connectivity index (χ3n) is 3.93. The molecule has 0 bridgehead atoms. The van der Waals surface area contributed by atoms with E-state index >= 15 is 0 Å². The summed E-state index contributed by atoms with van der Waals surface area (Å²) in [6.45, 7) is 2.14. The smallest absolute Gasteiger partial charge is 0.274 e. The maximum Gasteiger partial charge on any atom is 0.274 e. The number of fused-ring (bicyclic) bond motifs is 1. The predicted octanol–water partition coefficient (Wildman–Crippen LogP) is 1.78. The van der Waals surface area contributed by atoms with E-state index in [1.807, 2.05) is 35.7 Å². The molecule has 1 amide bonds. The maximum absolute atomic E-state index is 12.5. The van der Waals surface area contributed by atoms with Crippen molar-refractivity contribution in [2.24, 2.45) is 0 Å². The molecular weight excluding hydrogens is 368 g/mol. The zero-order valence-electron chi connectivity index (χ0n) is 14.3. The first-order valence-electron chi connectivity index (χ1n) is 8.07. The van der Waals surface area contributed by atoms with Crippen molar-refractivity contribution in [2.45, 2.75) is 13.5 Å². The molecule has 0 atom stereocenters. The van der Waals surface area contributed by atoms with E-state index in [-0.39, 0.29) is 29.0 Å². The van der Waals surface area contributed by atoms with Crippen LogP contribution in [0.1, 0.15) is 21.7 Å². The molecule has 136 valence electrons. The van der Waals surface area contributed by atoms with E-state index in [2.05, 4.69) is 25.4 Å². The topological polar surface area (TPSA) is 116 Å². The first-order valence-corrected chi connectivity index (χ1v) is 8.44. The second kappa shape index (κ2) is 6.69. The Labute approximate surface area is 158 Å². The lowest BCUT2D eigenvalue weighted by Gasteiger charge is -2.09. The highest BCUT2D eigenvalue weighted by atomic mass is 35.5. The van der Waals surface area contributed by atoms with Crippen LogP contribution in [0.15, 0.2) is 43.0 Å². The monoisotopic (exact) mass is 382 g/mol. The molecule has 0 saturated heterocycles. The van der Waals surface area contributed by atoms with Crippen molar-refractivity contribution in [1.82, 2.24) is 34.4 Å². The SMILES string of the molecule is Cc1cnn(-c2nc(N)c(C(=O)NCc3cnc4ccccn34)nc2Cl)c1. The molecule has 0 fully saturated rings. The van der Waals surface area contributed by atoms with Crippen molar-refractivity contribution in [3.63, 3.8) is 0 Å². The number of rotatable bonds is 4. The zero-order chi connectivity index (χ0) is 19.0. The van der Waals surface area contributed by atoms with Crippen LogP contribution in [-0.4, -0.2) is 35.0 Å². The van der Waals surface area contributed by atoms with E-state index in [0.717, 1.165) is 16.9 Å². The van der Waals surface area contributed by atoms with Gasteiger partial charge >= 0.3 is 0 Å². The third kappa shape index (κ3) is 3.20. The van der Waals surface area contributed by atoms with Gasteiger partial charge < -0.3 is 15.5 Å². The highest BCUT2D eigenvalue weighted by Gasteiger charge is 2.18. The minimum absolute atomic E-state index is 0.0294. The molecule has 4 rings (SSSR count). The minimum atomic E-state index is -0.476. The Kier molecular flexibility index (Phi) is 4.21. The van der Waals surface area contributed by atoms with Gasteiger partial charge in [0.2, 0.25) is 0 Å². The van der Waals surface area contributed by atoms with Gasteiger partial charge in [-0.05, 0) is 24.6 Å². The van der Waals surface area contributed by atoms with Gasteiger partial charge in [0.1, 0.15) is 5.65 Å². The molecule has 10 heteroatoms. The van der Waals surface area contributed by atoms with Crippen LogP contribution in [0.5, 0.6) is 0 Å². The molecular formula is C17H15ClN8O. The fraction of sp³-hybridized carbons (Fsp3) is 0.118. The number of aromatic nitrogens is 6. The minimum Gasteiger partial charge on any atom is -0.382 e. The summed E-state index contributed by atoms with van der Waals surface area (Å²) >= 11 is 6.18. The largest absolute Gasteiger partial charge is 0.382 e. The Bertz CT molecular complexity index is 1150. The van der Waals surface area contributed by atoms with Gasteiger partial charge in [0, 0.05) is 12.4 Å². The van der Waals surface area contributed by atoms with Crippen LogP contribution in [0.2, 0.25) is 5.15 Å². The number of hydrogen-bond acceptors (Lipinski definition) is 6. The van der Waals surface area contributed by atoms with Crippen molar-refractivity contribution in [3.05, 3.63) is 65.1 Å². The highest BCUT2D eigenvalue weighted by Crippen LogP contribution is 2.19. The number of imidazole rings is 1. The van der Waals surface area contributed by atoms with Gasteiger partial charge in [-0.15, -0.1) is 0 Å². The standard InChI is InChI=1S/C17H15ClN8O/c1-10-6-22-26(9-10)16-14(18)23-13(15(19)24-16)17(27)21-8-11-7-20-12-4-2-3-5-25(11)12/h2-7,9H,8H2,1H3,(H2,19,24)(H,21,27). The number of nitrogens with one attached hydrogen (secondary N) is 1. The zero-order valence-corrected chi connectivity index (χ0v) is 15.1. The average molecular weight is 383 g/mol. The molecule has 3 N–H and O–H groups in total. The molecule has 9 nitrogen and oxygen atoms in total. The van der Waals surface area contributed by atoms with Gasteiger partial charge in [0.05, 0.1) is 24.6 Å². The van der Waals surface area contributed by atoms with Gasteiger partial charge in [-0.2, -0.15) is 5.10 Å². The molecule has 0 aliphatic heterocycles. The van der Waals surface area contributed by atoms with E-state index in [1.165, 1.54) is 4.68 Å². The maximum atomic E-state index is 12.5. The number of aryl methyl sites for hydroxylation is 1. The highest BCUT2D eigenvalue weighted by molar-refractivity contribution is 6.31. The summed E-state index contributed by atoms with van der Waals surface area (Å²) in [5.41, 5.74) is 8.43. The van der Waals surface area contributed by atoms with Crippen molar-refractivity contribution in [1.29, 1.82) is 0 Å². The Morgan fingerprint density at radius 1 is 1.30 bits per heavy atom. The van der Waals surface area contributed by atoms with E-state index in [0.29, 0.717) is 0 Å². The number of halogens is 1. The van der Waals surface area contributed by atoms with Crippen LogP contribution in [0.3, 0.4) is 0 Å². The molecule has 4 aromatic rings. The molecule has 0 aromatic carbocycles. The fourth-order valence-electron chi connectivity index (χ4n) is 2.63. The molecule has 0 radical (unpaired) electrons. The molecule has 4 heterocycles. The number of nitrogen functional groups attached to an aromatic ring is 1. The summed E-state index contributed by atoms with van der Waals surface area (Å²) in [7, 11) is 0. The van der Waals surface area contributed by atoms with E-state index < -0.39 is 5.91 Å². The van der Waals surface area contributed by atoms with Crippen LogP contribution in [-0.2, 0) is 6.54 Å². The van der Waals surface area contributed by atoms with Crippen LogP contribution in [0.25, 0.3) is 11.5 Å². The number of carbonyl (C=O) groups is 1. The lowest BCUT2D eigenvalue weighted by atomic mass is 10.3. The Morgan fingerprint density at radius 3 is 2.93 bits per heavy atom. The van der Waals surface area contributed by atoms with Gasteiger partial charge in [0.15, 0.2) is 22.5 Å². The van der Waals surface area contributed by atoms with Crippen LogP contribution in [0, 0.1) is 6.92 Å². The molecule has 4 aromatic heterocycles. The number of pyridine rings is 1. The summed E-state index contributed by atoms with van der Waals surface area (Å²) in [5, 5.41) is 6.92. The third-order valence-corrected chi connectivity index (χ3v) is 4.18. The van der Waals surface area contributed by atoms with Crippen LogP contribution < -0.4 is 11.1 Å². The number of amides is 1. The van der Waals surface area contributed by atoms with E-state index in [9.17, 15) is 4.79 Å². The second-order valence-corrected chi connectivity index (χ2v) is 6.25. The summed E-state index contributed by atoms with van der Waals surface area (Å²) in [6.07, 6.45) is 6.96. The molecule has 0 saturated carbocycles. The van der Waals surface area contributed by atoms with Gasteiger partial charge in [-0.25, -0.2) is 19.6 Å². The van der Waals surface area contributed by atoms with Gasteiger partial charge in [-0.3, -0.25) is 4.79 Å². The first kappa shape index (κ1) is 17.0. The quantitative estimate of drug-likeness (QED) is 0.555. The Hall–Kier alpha value is -3.46. The molecule has 27 heavy (non-hydrogen) atoms. The normalized spacial score (nSPS) is 11.0. The van der Waals surface area contributed by atoms with E-state index in [1.54, 1.807) is 18.6 Å². The summed E-state index contributed by atoms with van der Waals surface area (Å²) in [4.78, 5) is 25.1. The molecule has 0 unspecified atom stereocenters. The number of anilines is 1. The van der Waals surface area contributed by atoms with Crippen molar-refractivity contribution in [2.75, 3.05) is 5.73 Å². The van der Waals surface area contributed by atoms with Crippen molar-refractivity contribution < 1.29 is 4.79 Å². The second-order valence-electron chi connectivity index (χ2n) is 5.90. The lowest BCUT2D eigenvalue weighted by molar-refractivity contribution is 0.0946. The lowest BCUT2D eigenvalue weighted by Crippen LogP contribution is -2.26. The number of carbonyl (C=O) groups excluding carboxylic acids is 1. The molecule has 0 aliphatic rings.